The Morgan fingerprint density at radius 2 is 0.910 bits per heavy atom. The summed E-state index contributed by atoms with van der Waals surface area (Å²) in [4.78, 5) is 5.45. The number of thiophene rings is 1. The molecule has 0 amide bonds. The number of hydrogen-bond acceptors (Lipinski definition) is 3. The van der Waals surface area contributed by atoms with E-state index in [0.717, 1.165) is 0 Å². The fraction of sp³-hybridized carbons (Fsp3) is 0.405. The lowest BCUT2D eigenvalue weighted by atomic mass is 9.36. The second-order valence-electron chi connectivity index (χ2n) is 29.8. The molecule has 0 N–H and O–H groups in total. The van der Waals surface area contributed by atoms with E-state index in [-0.39, 0.29) is 39.2 Å². The second kappa shape index (κ2) is 18.9. The Labute approximate surface area is 474 Å². The van der Waals surface area contributed by atoms with Crippen LogP contribution in [-0.4, -0.2) is 6.71 Å². The van der Waals surface area contributed by atoms with Crippen molar-refractivity contribution in [1.29, 1.82) is 0 Å². The first-order valence-electron chi connectivity index (χ1n) is 29.5. The van der Waals surface area contributed by atoms with Gasteiger partial charge in [0.05, 0.1) is 11.4 Å². The molecule has 3 aliphatic rings. The molecule has 11 rings (SSSR count). The van der Waals surface area contributed by atoms with Crippen LogP contribution in [0.2, 0.25) is 0 Å². The van der Waals surface area contributed by atoms with E-state index in [1.807, 2.05) is 11.3 Å². The van der Waals surface area contributed by atoms with Crippen molar-refractivity contribution in [2.75, 3.05) is 9.80 Å². The molecule has 7 aromatic carbocycles. The highest BCUT2D eigenvalue weighted by molar-refractivity contribution is 7.33. The van der Waals surface area contributed by atoms with E-state index in [1.165, 1.54) is 153 Å². The minimum atomic E-state index is -0.149. The van der Waals surface area contributed by atoms with Gasteiger partial charge < -0.3 is 9.80 Å². The summed E-state index contributed by atoms with van der Waals surface area (Å²) < 4.78 is 2.78. The number of benzene rings is 7. The minimum Gasteiger partial charge on any atom is -0.311 e. The Morgan fingerprint density at radius 1 is 0.410 bits per heavy atom. The van der Waals surface area contributed by atoms with Crippen molar-refractivity contribution >= 4 is 78.0 Å². The Bertz CT molecular complexity index is 3560. The summed E-state index contributed by atoms with van der Waals surface area (Å²) >= 11 is 2.03. The van der Waals surface area contributed by atoms with Gasteiger partial charge in [0.2, 0.25) is 0 Å². The quantitative estimate of drug-likeness (QED) is 0.159. The first-order valence-corrected chi connectivity index (χ1v) is 30.3. The Hall–Kier alpha value is -5.84. The maximum Gasteiger partial charge on any atom is 0.264 e. The molecule has 1 aliphatic carbocycles. The van der Waals surface area contributed by atoms with Crippen molar-refractivity contribution in [2.45, 2.75) is 195 Å². The predicted molar refractivity (Wildman–Crippen MR) is 345 cm³/mol. The third-order valence-corrected chi connectivity index (χ3v) is 19.0. The molecule has 3 heterocycles. The zero-order chi connectivity index (χ0) is 55.8. The van der Waals surface area contributed by atoms with Crippen LogP contribution in [0.4, 0.5) is 34.1 Å². The van der Waals surface area contributed by atoms with Gasteiger partial charge in [-0.15, -0.1) is 11.3 Å². The number of rotatable bonds is 5. The molecule has 0 saturated heterocycles. The largest absolute Gasteiger partial charge is 0.311 e. The molecule has 1 fully saturated rings. The summed E-state index contributed by atoms with van der Waals surface area (Å²) in [7, 11) is 0. The summed E-state index contributed by atoms with van der Waals surface area (Å²) in [5, 5.41) is 1.35. The fourth-order valence-corrected chi connectivity index (χ4v) is 14.1. The van der Waals surface area contributed by atoms with E-state index in [4.69, 9.17) is 0 Å². The van der Waals surface area contributed by atoms with Crippen molar-refractivity contribution in [2.24, 2.45) is 0 Å². The zero-order valence-corrected chi connectivity index (χ0v) is 51.5. The summed E-state index contributed by atoms with van der Waals surface area (Å²) in [5.74, 6) is 0.487. The van der Waals surface area contributed by atoms with E-state index in [1.54, 1.807) is 0 Å². The van der Waals surface area contributed by atoms with Crippen LogP contribution in [0.1, 0.15) is 202 Å². The zero-order valence-electron chi connectivity index (χ0n) is 50.7. The normalized spacial score (nSPS) is 15.4. The average Bonchev–Trinajstić information content (AvgIpc) is 2.97. The third-order valence-electron chi connectivity index (χ3n) is 17.8. The fourth-order valence-electron chi connectivity index (χ4n) is 12.8. The van der Waals surface area contributed by atoms with Gasteiger partial charge in [0.1, 0.15) is 0 Å². The lowest BCUT2D eigenvalue weighted by Crippen LogP contribution is -2.60. The number of hydrogen-bond donors (Lipinski definition) is 0. The van der Waals surface area contributed by atoms with Gasteiger partial charge in [0, 0.05) is 43.2 Å². The molecule has 0 spiro atoms. The van der Waals surface area contributed by atoms with Crippen molar-refractivity contribution in [3.05, 3.63) is 172 Å². The van der Waals surface area contributed by atoms with E-state index < -0.39 is 0 Å². The Kier molecular flexibility index (Phi) is 13.1. The monoisotopic (exact) mass is 1050 g/mol. The molecule has 8 aromatic rings. The van der Waals surface area contributed by atoms with Crippen molar-refractivity contribution in [1.82, 2.24) is 0 Å². The molecule has 2 nitrogen and oxygen atoms in total. The summed E-state index contributed by atoms with van der Waals surface area (Å²) in [5.41, 5.74) is 25.2. The van der Waals surface area contributed by atoms with Gasteiger partial charge in [0.15, 0.2) is 0 Å². The van der Waals surface area contributed by atoms with Crippen LogP contribution in [0.5, 0.6) is 0 Å². The maximum atomic E-state index is 2.81. The molecular weight excluding hydrogens is 960 g/mol. The Balaban J connectivity index is 1.26. The van der Waals surface area contributed by atoms with Crippen LogP contribution >= 0.6 is 11.3 Å². The third kappa shape index (κ3) is 9.68. The van der Waals surface area contributed by atoms with E-state index in [2.05, 4.69) is 268 Å². The van der Waals surface area contributed by atoms with Gasteiger partial charge >= 0.3 is 0 Å². The van der Waals surface area contributed by atoms with E-state index >= 15 is 0 Å². The van der Waals surface area contributed by atoms with E-state index in [0.29, 0.717) is 5.92 Å². The van der Waals surface area contributed by atoms with Crippen molar-refractivity contribution in [3.63, 3.8) is 0 Å². The maximum absolute atomic E-state index is 2.81. The molecule has 1 aromatic heterocycles. The van der Waals surface area contributed by atoms with Gasteiger partial charge in [-0.25, -0.2) is 0 Å². The Morgan fingerprint density at radius 3 is 1.47 bits per heavy atom. The molecule has 0 atom stereocenters. The van der Waals surface area contributed by atoms with Crippen LogP contribution in [-0.2, 0) is 32.5 Å². The average molecular weight is 1050 g/mol. The van der Waals surface area contributed by atoms with Crippen molar-refractivity contribution < 1.29 is 0 Å². The highest BCUT2D eigenvalue weighted by atomic mass is 32.1. The molecule has 2 aliphatic heterocycles. The lowest BCUT2D eigenvalue weighted by Gasteiger charge is -2.45. The molecular formula is C74H87BN2S. The second-order valence-corrected chi connectivity index (χ2v) is 30.9. The van der Waals surface area contributed by atoms with Gasteiger partial charge in [-0.2, -0.15) is 0 Å². The SMILES string of the molecule is CC(C)(C)c1ccc(-c2ccc(N3c4ccc(C(C)(C)C)cc4B4c5sc6ccc(C(C)(C)C)cc6c5N(c5cccc(C6CCCCC6)c5-c5cc(C(C)(C)C)cc(C(C)(C)C)c5)c5cc(C(C)(C)C)cc3c54)cc2)cc1. The molecule has 0 unspecified atom stereocenters. The van der Waals surface area contributed by atoms with Gasteiger partial charge in [-0.05, 0) is 166 Å². The molecule has 402 valence electrons. The first kappa shape index (κ1) is 54.1. The van der Waals surface area contributed by atoms with Crippen LogP contribution in [0.25, 0.3) is 32.3 Å². The molecule has 4 heteroatoms. The number of nitrogens with zero attached hydrogens (tertiary/aromatic N) is 2. The molecule has 1 saturated carbocycles. The predicted octanol–water partition coefficient (Wildman–Crippen LogP) is 20.2. The highest BCUT2D eigenvalue weighted by Crippen LogP contribution is 2.54. The summed E-state index contributed by atoms with van der Waals surface area (Å²) in [6, 6.07) is 53.8. The van der Waals surface area contributed by atoms with Gasteiger partial charge in [-0.1, -0.05) is 229 Å². The van der Waals surface area contributed by atoms with E-state index in [9.17, 15) is 0 Å². The summed E-state index contributed by atoms with van der Waals surface area (Å²) in [6.07, 6.45) is 6.33. The van der Waals surface area contributed by atoms with Gasteiger partial charge in [0.25, 0.3) is 6.71 Å². The molecule has 0 radical (unpaired) electrons. The number of anilines is 6. The van der Waals surface area contributed by atoms with Crippen LogP contribution in [0, 0.1) is 0 Å². The topological polar surface area (TPSA) is 6.48 Å². The standard InChI is InChI=1S/C74H87BN2S/c1-69(2,3)50-31-27-46(28-32-50)47-29-35-56(36-30-47)76-60-37-33-52(71(7,8)9)43-59(60)75-66-62(76)44-55(74(16,17)18)45-63(66)77(67-58-42-51(70(4,5)6)34-38-64(58)78-68(67)75)61-26-22-25-57(48-23-20-19-21-24-48)65(61)49-39-53(72(10,11)12)41-54(40-49)73(13,14)15/h22,25-45,48H,19-21,23-24H2,1-18H3. The molecule has 0 bridgehead atoms. The van der Waals surface area contributed by atoms with Crippen LogP contribution in [0.3, 0.4) is 0 Å². The van der Waals surface area contributed by atoms with Crippen molar-refractivity contribution in [3.8, 4) is 22.3 Å². The van der Waals surface area contributed by atoms with Crippen LogP contribution in [0.15, 0.2) is 133 Å². The highest BCUT2D eigenvalue weighted by Gasteiger charge is 2.47. The smallest absolute Gasteiger partial charge is 0.264 e. The first-order chi connectivity index (χ1) is 36.5. The number of fused-ring (bicyclic) bond motifs is 6. The lowest BCUT2D eigenvalue weighted by molar-refractivity contribution is 0.444. The molecule has 78 heavy (non-hydrogen) atoms. The van der Waals surface area contributed by atoms with Gasteiger partial charge in [-0.3, -0.25) is 0 Å². The van der Waals surface area contributed by atoms with Crippen LogP contribution < -0.4 is 25.5 Å². The summed E-state index contributed by atoms with van der Waals surface area (Å²) in [6.45, 7) is 42.7. The minimum absolute atomic E-state index is 0.0154.